The molecule has 7 rings (SSSR count). The lowest BCUT2D eigenvalue weighted by atomic mass is 9.80. The Morgan fingerprint density at radius 1 is 0.246 bits per heavy atom. The first-order valence-electron chi connectivity index (χ1n) is 39.1. The average Bonchev–Trinajstić information content (AvgIpc) is 0.890. The van der Waals surface area contributed by atoms with E-state index < -0.39 is 71.6 Å². The molecule has 3 aromatic rings. The summed E-state index contributed by atoms with van der Waals surface area (Å²) in [6, 6.07) is 21.7. The fourth-order valence-electron chi connectivity index (χ4n) is 11.6. The third-order valence-corrected chi connectivity index (χ3v) is 17.8. The molecule has 658 valence electrons. The molecule has 4 fully saturated rings. The van der Waals surface area contributed by atoms with Gasteiger partial charge in [0, 0.05) is 91.5 Å². The van der Waals surface area contributed by atoms with Gasteiger partial charge >= 0.3 is 83.6 Å². The van der Waals surface area contributed by atoms with Gasteiger partial charge in [-0.15, -0.1) is 0 Å². The fourth-order valence-corrected chi connectivity index (χ4v) is 11.6. The number of benzene rings is 3. The summed E-state index contributed by atoms with van der Waals surface area (Å²) in [6.45, 7) is 49.2. The smallest absolute Gasteiger partial charge is 0.330 e. The normalized spacial score (nSPS) is 17.2. The molecular formula is C94H114O28. The predicted octanol–water partition coefficient (Wildman–Crippen LogP) is 14.4. The lowest BCUT2D eigenvalue weighted by Crippen LogP contribution is -2.37. The van der Waals surface area contributed by atoms with Crippen LogP contribution in [0.2, 0.25) is 0 Å². The van der Waals surface area contributed by atoms with Gasteiger partial charge in [-0.3, -0.25) is 0 Å². The number of carbonyl (C=O) groups excluding carboxylic acids is 14. The summed E-state index contributed by atoms with van der Waals surface area (Å²) >= 11 is 0. The van der Waals surface area contributed by atoms with E-state index in [2.05, 4.69) is 92.1 Å². The molecular weight excluding hydrogens is 1580 g/mol. The molecule has 0 saturated heterocycles. The van der Waals surface area contributed by atoms with Crippen LogP contribution in [0.1, 0.15) is 136 Å². The first-order chi connectivity index (χ1) is 58.6. The van der Waals surface area contributed by atoms with Gasteiger partial charge < -0.3 is 66.3 Å². The number of hydrogen-bond acceptors (Lipinski definition) is 28. The third-order valence-electron chi connectivity index (χ3n) is 17.8. The number of carbonyl (C=O) groups is 14. The lowest BCUT2D eigenvalue weighted by molar-refractivity contribution is -0.165. The minimum atomic E-state index is -0.493. The molecule has 28 heteroatoms. The second-order valence-electron chi connectivity index (χ2n) is 26.7. The van der Waals surface area contributed by atoms with Crippen LogP contribution < -0.4 is 0 Å². The molecule has 8 unspecified atom stereocenters. The topological polar surface area (TPSA) is 368 Å². The summed E-state index contributed by atoms with van der Waals surface area (Å²) < 4.78 is 70.1. The number of esters is 14. The summed E-state index contributed by atoms with van der Waals surface area (Å²) in [7, 11) is 0. The molecule has 0 amide bonds. The van der Waals surface area contributed by atoms with Crippen molar-refractivity contribution in [2.24, 2.45) is 23.7 Å². The monoisotopic (exact) mass is 1690 g/mol. The highest BCUT2D eigenvalue weighted by molar-refractivity contribution is 5.86. The van der Waals surface area contributed by atoms with E-state index in [0.717, 1.165) is 190 Å². The van der Waals surface area contributed by atoms with Gasteiger partial charge in [-0.2, -0.15) is 0 Å². The van der Waals surface area contributed by atoms with Gasteiger partial charge in [0.25, 0.3) is 0 Å². The first kappa shape index (κ1) is 107. The van der Waals surface area contributed by atoms with E-state index in [1.54, 1.807) is 48.5 Å². The van der Waals surface area contributed by atoms with Crippen LogP contribution in [0.4, 0.5) is 0 Å². The summed E-state index contributed by atoms with van der Waals surface area (Å²) in [5.41, 5.74) is 4.90. The second-order valence-corrected chi connectivity index (χ2v) is 26.7. The van der Waals surface area contributed by atoms with Crippen LogP contribution in [0, 0.1) is 23.7 Å². The van der Waals surface area contributed by atoms with E-state index in [-0.39, 0.29) is 87.8 Å². The molecule has 0 aliphatic heterocycles. The molecule has 4 aliphatic carbocycles. The molecule has 28 nitrogen and oxygen atoms in total. The Balaban J connectivity index is 0.000000712. The average molecular weight is 1690 g/mol. The van der Waals surface area contributed by atoms with E-state index in [1.165, 1.54) is 12.2 Å². The highest BCUT2D eigenvalue weighted by atomic mass is 16.6. The molecule has 8 atom stereocenters. The molecule has 0 radical (unpaired) electrons. The van der Waals surface area contributed by atoms with Gasteiger partial charge in [0.15, 0.2) is 0 Å². The largest absolute Gasteiger partial charge is 0.462 e. The molecule has 0 spiro atoms. The van der Waals surface area contributed by atoms with Crippen molar-refractivity contribution < 1.29 is 133 Å². The maximum atomic E-state index is 11.1. The quantitative estimate of drug-likeness (QED) is 0.0292. The molecule has 4 aliphatic rings. The van der Waals surface area contributed by atoms with Gasteiger partial charge in [-0.1, -0.05) is 178 Å². The summed E-state index contributed by atoms with van der Waals surface area (Å²) in [5, 5.41) is 0. The zero-order valence-electron chi connectivity index (χ0n) is 69.3. The van der Waals surface area contributed by atoms with E-state index >= 15 is 0 Å². The Morgan fingerprint density at radius 3 is 0.820 bits per heavy atom. The molecule has 0 bridgehead atoms. The number of hydrogen-bond donors (Lipinski definition) is 0. The zero-order chi connectivity index (χ0) is 90.8. The molecule has 0 N–H and O–H groups in total. The van der Waals surface area contributed by atoms with Gasteiger partial charge in [-0.25, -0.2) is 67.1 Å². The summed E-state index contributed by atoms with van der Waals surface area (Å²) in [5.74, 6) is -4.99. The number of rotatable bonds is 38. The Labute approximate surface area is 713 Å². The van der Waals surface area contributed by atoms with Crippen molar-refractivity contribution in [1.82, 2.24) is 0 Å². The highest BCUT2D eigenvalue weighted by Crippen LogP contribution is 2.32. The van der Waals surface area contributed by atoms with Crippen molar-refractivity contribution in [3.63, 3.8) is 0 Å². The van der Waals surface area contributed by atoms with Crippen LogP contribution in [0.25, 0.3) is 0 Å². The third kappa shape index (κ3) is 50.4. The summed E-state index contributed by atoms with van der Waals surface area (Å²) in [4.78, 5) is 154. The molecule has 122 heavy (non-hydrogen) atoms. The van der Waals surface area contributed by atoms with Crippen molar-refractivity contribution in [2.45, 2.75) is 167 Å². The van der Waals surface area contributed by atoms with Crippen LogP contribution in [0.5, 0.6) is 0 Å². The van der Waals surface area contributed by atoms with E-state index in [0.29, 0.717) is 57.5 Å². The van der Waals surface area contributed by atoms with Gasteiger partial charge in [-0.05, 0) is 140 Å². The van der Waals surface area contributed by atoms with E-state index in [9.17, 15) is 67.1 Å². The van der Waals surface area contributed by atoms with Crippen molar-refractivity contribution in [1.29, 1.82) is 0 Å². The van der Waals surface area contributed by atoms with E-state index in [4.69, 9.17) is 66.3 Å². The maximum Gasteiger partial charge on any atom is 0.330 e. The molecule has 4 saturated carbocycles. The zero-order valence-corrected chi connectivity index (χ0v) is 69.3. The molecule has 3 aromatic carbocycles. The first-order valence-corrected chi connectivity index (χ1v) is 39.1. The Morgan fingerprint density at radius 2 is 0.508 bits per heavy atom. The second kappa shape index (κ2) is 65.5. The van der Waals surface area contributed by atoms with Crippen LogP contribution in [0.15, 0.2) is 250 Å². The van der Waals surface area contributed by atoms with Crippen LogP contribution in [-0.4, -0.2) is 134 Å². The van der Waals surface area contributed by atoms with Crippen molar-refractivity contribution in [3.8, 4) is 0 Å². The maximum absolute atomic E-state index is 11.1. The van der Waals surface area contributed by atoms with Gasteiger partial charge in [0.1, 0.15) is 64.1 Å². The fraction of sp³-hybridized carbons (Fsp3) is 0.362. The Bertz CT molecular complexity index is 3780. The van der Waals surface area contributed by atoms with Crippen LogP contribution in [0.3, 0.4) is 0 Å². The van der Waals surface area contributed by atoms with Crippen LogP contribution >= 0.6 is 0 Å². The van der Waals surface area contributed by atoms with Crippen molar-refractivity contribution in [2.75, 3.05) is 26.4 Å². The van der Waals surface area contributed by atoms with Crippen LogP contribution in [-0.2, 0) is 173 Å². The van der Waals surface area contributed by atoms with Crippen molar-refractivity contribution in [3.05, 3.63) is 283 Å². The Hall–Kier alpha value is -13.4. The van der Waals surface area contributed by atoms with Gasteiger partial charge in [0.2, 0.25) is 0 Å². The minimum Gasteiger partial charge on any atom is -0.462 e. The molecule has 0 heterocycles. The highest BCUT2D eigenvalue weighted by Gasteiger charge is 2.32. The Kier molecular flexibility index (Phi) is 57.3. The molecule has 0 aromatic heterocycles. The summed E-state index contributed by atoms with van der Waals surface area (Å²) in [6.07, 6.45) is 29.5. The lowest BCUT2D eigenvalue weighted by Gasteiger charge is -2.30. The number of ether oxygens (including phenoxy) is 14. The minimum absolute atomic E-state index is 0.118. The SMILES string of the molecule is C=CC(=O)OC1CCCC(OC(=O)C=C)C1.C=CC(=O)OC1CCCCC1OC(=O)C=C.C=CC(=O)OCC1CCCC(COC(=O)C=C)C1.C=CC(=O)OCC1CCCCC1COC(=O)C=C.C=CC(=O)OCc1ccc(COC(=O)C=C)cc1.C=CC(=O)OCc1cccc(COC(=O)C=C)c1.C=CC(=O)OCc1ccccc1COC(=O)C=C. The van der Waals surface area contributed by atoms with Crippen molar-refractivity contribution >= 4 is 83.6 Å². The van der Waals surface area contributed by atoms with E-state index in [1.807, 2.05) is 24.3 Å². The van der Waals surface area contributed by atoms with Gasteiger partial charge in [0.05, 0.1) is 26.4 Å². The standard InChI is InChI=1S/C14H14O4.C14H20O4.C14H14O4.C14H20O4.C14H14O4.2C12H16O4/c1-3-13(15)17-9-11-5-7-12(8-6-11)10-18-14(16)4-2;2*1-3-13(15)17-9-11-6-5-7-12(8-11)10-18-14(16)4-2;2*1-3-13(15)17-9-11-7-5-6-8-12(11)10-18-14(16)4-2;1-3-11(13)15-9-6-5-7-10(8-9)16-12(14)4-2;1-3-11(13)15-9-7-5-6-8-10(9)16-12(14)4-2/h3-8H,1-2,9-10H2;3-4,11-12H,1-2,5-10H2;3-8H,1-2,9-10H2;3-4,11-12H,1-2,5-10H2;3-8H,1-2,9-10H2;2*3-4,9-10H,1-2,5-8H2. The predicted molar refractivity (Wildman–Crippen MR) is 452 cm³/mol.